The number of hydrogen-bond acceptors (Lipinski definition) is 3. The van der Waals surface area contributed by atoms with Crippen LogP contribution in [0.25, 0.3) is 10.8 Å². The van der Waals surface area contributed by atoms with Crippen molar-refractivity contribution in [2.45, 2.75) is 6.04 Å². The highest BCUT2D eigenvalue weighted by Crippen LogP contribution is 2.34. The van der Waals surface area contributed by atoms with Crippen molar-refractivity contribution in [3.8, 4) is 0 Å². The second kappa shape index (κ2) is 5.43. The third-order valence-electron chi connectivity index (χ3n) is 3.25. The summed E-state index contributed by atoms with van der Waals surface area (Å²) in [5.41, 5.74) is 5.29. The number of fused-ring (bicyclic) bond motifs is 1. The summed E-state index contributed by atoms with van der Waals surface area (Å²) < 4.78 is 1.09. The van der Waals surface area contributed by atoms with E-state index in [0.29, 0.717) is 0 Å². The molecule has 0 saturated carbocycles. The molecule has 3 N–H and O–H groups in total. The fourth-order valence-electron chi connectivity index (χ4n) is 2.35. The minimum atomic E-state index is -0.00766. The molecule has 3 aromatic rings. The van der Waals surface area contributed by atoms with Crippen molar-refractivity contribution in [2.75, 3.05) is 0 Å². The predicted octanol–water partition coefficient (Wildman–Crippen LogP) is 4.22. The predicted molar refractivity (Wildman–Crippen MR) is 85.1 cm³/mol. The Balaban J connectivity index is 2.20. The zero-order chi connectivity index (χ0) is 13.2. The molecule has 1 heterocycles. The minimum absolute atomic E-state index is 0.00766. The molecule has 0 radical (unpaired) electrons. The molecular weight excluding hydrogens is 320 g/mol. The molecule has 1 unspecified atom stereocenters. The van der Waals surface area contributed by atoms with Crippen molar-refractivity contribution < 1.29 is 0 Å². The highest BCUT2D eigenvalue weighted by Gasteiger charge is 2.18. The number of rotatable bonds is 3. The van der Waals surface area contributed by atoms with Gasteiger partial charge in [-0.05, 0) is 43.2 Å². The number of hydrogen-bond donors (Lipinski definition) is 2. The van der Waals surface area contributed by atoms with Crippen molar-refractivity contribution in [1.82, 2.24) is 5.43 Å². The Bertz CT molecular complexity index is 703. The summed E-state index contributed by atoms with van der Waals surface area (Å²) in [6.07, 6.45) is 0. The first-order chi connectivity index (χ1) is 9.31. The van der Waals surface area contributed by atoms with Gasteiger partial charge in [0.05, 0.1) is 6.04 Å². The molecule has 19 heavy (non-hydrogen) atoms. The summed E-state index contributed by atoms with van der Waals surface area (Å²) in [5, 5.41) is 6.65. The van der Waals surface area contributed by atoms with Crippen LogP contribution in [0, 0.1) is 0 Å². The molecule has 0 aliphatic heterocycles. The molecule has 96 valence electrons. The number of thiophene rings is 1. The molecule has 2 aromatic carbocycles. The normalized spacial score (nSPS) is 12.7. The summed E-state index contributed by atoms with van der Waals surface area (Å²) in [7, 11) is 0. The maximum atomic E-state index is 5.79. The third-order valence-corrected chi connectivity index (χ3v) is 5.01. The Morgan fingerprint density at radius 1 is 1.00 bits per heavy atom. The van der Waals surface area contributed by atoms with Gasteiger partial charge in [0.1, 0.15) is 0 Å². The molecule has 0 aliphatic carbocycles. The molecule has 2 nitrogen and oxygen atoms in total. The lowest BCUT2D eigenvalue weighted by Gasteiger charge is -2.18. The SMILES string of the molecule is NNC(c1cscc1Br)c1cccc2ccccc12. The van der Waals surface area contributed by atoms with Gasteiger partial charge in [0.2, 0.25) is 0 Å². The van der Waals surface area contributed by atoms with Gasteiger partial charge in [0.25, 0.3) is 0 Å². The van der Waals surface area contributed by atoms with Crippen molar-refractivity contribution in [3.05, 3.63) is 68.8 Å². The van der Waals surface area contributed by atoms with Crippen molar-refractivity contribution in [2.24, 2.45) is 5.84 Å². The smallest absolute Gasteiger partial charge is 0.0735 e. The first-order valence-corrected chi connectivity index (χ1v) is 7.70. The van der Waals surface area contributed by atoms with Gasteiger partial charge in [-0.15, -0.1) is 0 Å². The van der Waals surface area contributed by atoms with Gasteiger partial charge in [-0.2, -0.15) is 11.3 Å². The van der Waals surface area contributed by atoms with Gasteiger partial charge < -0.3 is 0 Å². The van der Waals surface area contributed by atoms with Crippen LogP contribution in [0.3, 0.4) is 0 Å². The van der Waals surface area contributed by atoms with Gasteiger partial charge in [0.15, 0.2) is 0 Å². The molecule has 0 amide bonds. The second-order valence-electron chi connectivity index (χ2n) is 4.34. The maximum absolute atomic E-state index is 5.79. The topological polar surface area (TPSA) is 38.0 Å². The number of halogens is 1. The van der Waals surface area contributed by atoms with E-state index in [-0.39, 0.29) is 6.04 Å². The largest absolute Gasteiger partial charge is 0.271 e. The van der Waals surface area contributed by atoms with E-state index in [1.165, 1.54) is 21.9 Å². The average molecular weight is 333 g/mol. The lowest BCUT2D eigenvalue weighted by Crippen LogP contribution is -2.28. The lowest BCUT2D eigenvalue weighted by molar-refractivity contribution is 0.641. The zero-order valence-corrected chi connectivity index (χ0v) is 12.5. The number of benzene rings is 2. The van der Waals surface area contributed by atoms with Crippen LogP contribution in [0.5, 0.6) is 0 Å². The number of hydrazine groups is 1. The Morgan fingerprint density at radius 3 is 2.53 bits per heavy atom. The standard InChI is InChI=1S/C15H13BrN2S/c16-14-9-19-8-13(14)15(18-17)12-7-3-5-10-4-1-2-6-11(10)12/h1-9,15,18H,17H2. The first kappa shape index (κ1) is 12.8. The maximum Gasteiger partial charge on any atom is 0.0735 e. The highest BCUT2D eigenvalue weighted by molar-refractivity contribution is 9.10. The Morgan fingerprint density at radius 2 is 1.79 bits per heavy atom. The molecule has 0 bridgehead atoms. The van der Waals surface area contributed by atoms with Crippen LogP contribution >= 0.6 is 27.3 Å². The number of nitrogens with two attached hydrogens (primary N) is 1. The minimum Gasteiger partial charge on any atom is -0.271 e. The monoisotopic (exact) mass is 332 g/mol. The summed E-state index contributed by atoms with van der Waals surface area (Å²) >= 11 is 5.25. The fourth-order valence-corrected chi connectivity index (χ4v) is 3.90. The van der Waals surface area contributed by atoms with Gasteiger partial charge >= 0.3 is 0 Å². The zero-order valence-electron chi connectivity index (χ0n) is 10.1. The molecular formula is C15H13BrN2S. The summed E-state index contributed by atoms with van der Waals surface area (Å²) in [4.78, 5) is 0. The summed E-state index contributed by atoms with van der Waals surface area (Å²) in [6, 6.07) is 14.7. The molecule has 1 atom stereocenters. The van der Waals surface area contributed by atoms with Crippen LogP contribution < -0.4 is 11.3 Å². The van der Waals surface area contributed by atoms with Gasteiger partial charge in [-0.1, -0.05) is 42.5 Å². The van der Waals surface area contributed by atoms with Crippen LogP contribution in [0.15, 0.2) is 57.7 Å². The number of nitrogens with one attached hydrogen (secondary N) is 1. The van der Waals surface area contributed by atoms with E-state index in [1.54, 1.807) is 11.3 Å². The van der Waals surface area contributed by atoms with Gasteiger partial charge in [-0.25, -0.2) is 5.43 Å². The van der Waals surface area contributed by atoms with E-state index in [1.807, 2.05) is 0 Å². The molecule has 4 heteroatoms. The molecule has 3 rings (SSSR count). The molecule has 0 aliphatic rings. The van der Waals surface area contributed by atoms with Gasteiger partial charge in [0, 0.05) is 9.85 Å². The van der Waals surface area contributed by atoms with Crippen molar-refractivity contribution in [3.63, 3.8) is 0 Å². The Kier molecular flexibility index (Phi) is 3.66. The summed E-state index contributed by atoms with van der Waals surface area (Å²) in [6.45, 7) is 0. The molecule has 0 saturated heterocycles. The van der Waals surface area contributed by atoms with Crippen LogP contribution in [0.2, 0.25) is 0 Å². The van der Waals surface area contributed by atoms with E-state index in [2.05, 4.69) is 74.6 Å². The van der Waals surface area contributed by atoms with Crippen molar-refractivity contribution in [1.29, 1.82) is 0 Å². The van der Waals surface area contributed by atoms with Crippen molar-refractivity contribution >= 4 is 38.0 Å². The second-order valence-corrected chi connectivity index (χ2v) is 5.94. The Labute approximate surface area is 124 Å². The highest BCUT2D eigenvalue weighted by atomic mass is 79.9. The van der Waals surface area contributed by atoms with E-state index >= 15 is 0 Å². The third kappa shape index (κ3) is 2.32. The Hall–Kier alpha value is -1.20. The molecule has 0 fully saturated rings. The first-order valence-electron chi connectivity index (χ1n) is 5.96. The van der Waals surface area contributed by atoms with E-state index in [9.17, 15) is 0 Å². The van der Waals surface area contributed by atoms with Gasteiger partial charge in [-0.3, -0.25) is 5.84 Å². The average Bonchev–Trinajstić information content (AvgIpc) is 2.86. The molecule has 1 aromatic heterocycles. The van der Waals surface area contributed by atoms with Crippen LogP contribution in [0.1, 0.15) is 17.2 Å². The van der Waals surface area contributed by atoms with E-state index in [0.717, 1.165) is 4.47 Å². The molecule has 0 spiro atoms. The van der Waals surface area contributed by atoms with Crippen LogP contribution in [-0.2, 0) is 0 Å². The van der Waals surface area contributed by atoms with Crippen LogP contribution in [0.4, 0.5) is 0 Å². The summed E-state index contributed by atoms with van der Waals surface area (Å²) in [5.74, 6) is 5.79. The quantitative estimate of drug-likeness (QED) is 0.556. The fraction of sp³-hybridized carbons (Fsp3) is 0.0667. The lowest BCUT2D eigenvalue weighted by atomic mass is 9.96. The van der Waals surface area contributed by atoms with Crippen LogP contribution in [-0.4, -0.2) is 0 Å². The van der Waals surface area contributed by atoms with E-state index in [4.69, 9.17) is 5.84 Å². The van der Waals surface area contributed by atoms with E-state index < -0.39 is 0 Å².